The van der Waals surface area contributed by atoms with Crippen molar-refractivity contribution >= 4 is 16.9 Å². The SMILES string of the molecule is CCC1CC2(O)CC(C2)N1C(=O)CC(c1c[nH]c2ncccc12)C(C)C. The molecule has 1 amide bonds. The molecule has 2 atom stereocenters. The van der Waals surface area contributed by atoms with Crippen LogP contribution in [0.2, 0.25) is 0 Å². The average molecular weight is 355 g/mol. The molecule has 2 aliphatic heterocycles. The second-order valence-electron chi connectivity index (χ2n) is 8.55. The smallest absolute Gasteiger partial charge is 0.223 e. The van der Waals surface area contributed by atoms with Crippen molar-refractivity contribution in [3.05, 3.63) is 30.1 Å². The number of nitrogens with zero attached hydrogens (tertiary/aromatic N) is 2. The Bertz CT molecular complexity index is 806. The minimum atomic E-state index is -0.512. The van der Waals surface area contributed by atoms with Crippen LogP contribution >= 0.6 is 0 Å². The average Bonchev–Trinajstić information content (AvgIpc) is 3.01. The van der Waals surface area contributed by atoms with E-state index < -0.39 is 5.60 Å². The minimum Gasteiger partial charge on any atom is -0.390 e. The van der Waals surface area contributed by atoms with Gasteiger partial charge in [0.1, 0.15) is 5.65 Å². The Hall–Kier alpha value is -1.88. The summed E-state index contributed by atoms with van der Waals surface area (Å²) in [5.41, 5.74) is 1.56. The monoisotopic (exact) mass is 355 g/mol. The molecule has 1 saturated carbocycles. The van der Waals surface area contributed by atoms with Gasteiger partial charge >= 0.3 is 0 Å². The number of aliphatic hydroxyl groups is 1. The van der Waals surface area contributed by atoms with Crippen molar-refractivity contribution in [3.8, 4) is 0 Å². The van der Waals surface area contributed by atoms with E-state index in [4.69, 9.17) is 0 Å². The van der Waals surface area contributed by atoms with E-state index in [9.17, 15) is 9.90 Å². The molecule has 140 valence electrons. The number of pyridine rings is 1. The molecule has 5 nitrogen and oxygen atoms in total. The van der Waals surface area contributed by atoms with Gasteiger partial charge in [0, 0.05) is 36.3 Å². The van der Waals surface area contributed by atoms with Crippen LogP contribution in [0.4, 0.5) is 0 Å². The van der Waals surface area contributed by atoms with Crippen molar-refractivity contribution in [1.29, 1.82) is 0 Å². The largest absolute Gasteiger partial charge is 0.390 e. The third kappa shape index (κ3) is 2.82. The van der Waals surface area contributed by atoms with Crippen molar-refractivity contribution in [2.24, 2.45) is 5.92 Å². The van der Waals surface area contributed by atoms with Crippen molar-refractivity contribution in [2.75, 3.05) is 0 Å². The van der Waals surface area contributed by atoms with Gasteiger partial charge in [0.15, 0.2) is 0 Å². The number of piperidine rings is 2. The first-order valence-corrected chi connectivity index (χ1v) is 9.87. The molecule has 5 heteroatoms. The third-order valence-corrected chi connectivity index (χ3v) is 6.47. The second-order valence-corrected chi connectivity index (χ2v) is 8.55. The first-order valence-electron chi connectivity index (χ1n) is 9.87. The molecule has 3 fully saturated rings. The van der Waals surface area contributed by atoms with Crippen LogP contribution in [0.1, 0.15) is 64.4 Å². The van der Waals surface area contributed by atoms with Crippen LogP contribution in [-0.2, 0) is 4.79 Å². The molecule has 1 aliphatic carbocycles. The van der Waals surface area contributed by atoms with Crippen LogP contribution in [0.3, 0.4) is 0 Å². The highest BCUT2D eigenvalue weighted by molar-refractivity contribution is 5.83. The predicted octanol–water partition coefficient (Wildman–Crippen LogP) is 3.60. The number of hydrogen-bond acceptors (Lipinski definition) is 3. The van der Waals surface area contributed by atoms with Crippen molar-refractivity contribution < 1.29 is 9.90 Å². The lowest BCUT2D eigenvalue weighted by atomic mass is 9.66. The van der Waals surface area contributed by atoms with Gasteiger partial charge in [-0.15, -0.1) is 0 Å². The molecule has 0 aromatic carbocycles. The number of carbonyl (C=O) groups is 1. The molecule has 2 N–H and O–H groups in total. The summed E-state index contributed by atoms with van der Waals surface area (Å²) in [4.78, 5) is 23.0. The second kappa shape index (κ2) is 6.38. The highest BCUT2D eigenvalue weighted by Gasteiger charge is 2.54. The van der Waals surface area contributed by atoms with Gasteiger partial charge in [0.25, 0.3) is 0 Å². The molecule has 4 heterocycles. The van der Waals surface area contributed by atoms with Crippen molar-refractivity contribution in [1.82, 2.24) is 14.9 Å². The predicted molar refractivity (Wildman–Crippen MR) is 102 cm³/mol. The zero-order valence-electron chi connectivity index (χ0n) is 15.9. The van der Waals surface area contributed by atoms with E-state index in [0.717, 1.165) is 36.7 Å². The molecule has 0 radical (unpaired) electrons. The first-order chi connectivity index (χ1) is 12.4. The fourth-order valence-electron chi connectivity index (χ4n) is 5.05. The molecule has 0 spiro atoms. The van der Waals surface area contributed by atoms with Gasteiger partial charge in [-0.1, -0.05) is 20.8 Å². The maximum Gasteiger partial charge on any atom is 0.223 e. The normalized spacial score (nSPS) is 29.0. The van der Waals surface area contributed by atoms with Crippen molar-refractivity contribution in [3.63, 3.8) is 0 Å². The number of nitrogens with one attached hydrogen (secondary N) is 1. The summed E-state index contributed by atoms with van der Waals surface area (Å²) < 4.78 is 0. The summed E-state index contributed by atoms with van der Waals surface area (Å²) in [5, 5.41) is 11.5. The lowest BCUT2D eigenvalue weighted by Gasteiger charge is -2.58. The molecule has 3 aliphatic rings. The van der Waals surface area contributed by atoms with Crippen LogP contribution in [0.15, 0.2) is 24.5 Å². The van der Waals surface area contributed by atoms with E-state index in [1.165, 1.54) is 5.56 Å². The molecule has 2 saturated heterocycles. The highest BCUT2D eigenvalue weighted by atomic mass is 16.3. The Kier molecular flexibility index (Phi) is 4.30. The van der Waals surface area contributed by atoms with E-state index in [1.807, 2.05) is 12.3 Å². The Morgan fingerprint density at radius 3 is 2.88 bits per heavy atom. The molecule has 5 rings (SSSR count). The Labute approximate surface area is 154 Å². The molecular weight excluding hydrogens is 326 g/mol. The van der Waals surface area contributed by atoms with Gasteiger partial charge in [0.05, 0.1) is 5.60 Å². The van der Waals surface area contributed by atoms with E-state index in [2.05, 4.69) is 41.7 Å². The summed E-state index contributed by atoms with van der Waals surface area (Å²) in [6.07, 6.45) is 7.46. The summed E-state index contributed by atoms with van der Waals surface area (Å²) in [7, 11) is 0. The Balaban J connectivity index is 1.58. The standard InChI is InChI=1S/C21H29N3O2/c1-4-14-9-21(26)10-15(11-21)24(14)19(25)8-17(13(2)3)18-12-23-20-16(18)6-5-7-22-20/h5-7,12-15,17,26H,4,8-11H2,1-3H3,(H,22,23). The Morgan fingerprint density at radius 2 is 2.19 bits per heavy atom. The molecule has 2 unspecified atom stereocenters. The molecule has 2 aromatic heterocycles. The zero-order valence-corrected chi connectivity index (χ0v) is 15.9. The Morgan fingerprint density at radius 1 is 1.42 bits per heavy atom. The maximum atomic E-state index is 13.3. The summed E-state index contributed by atoms with van der Waals surface area (Å²) in [6, 6.07) is 4.43. The third-order valence-electron chi connectivity index (χ3n) is 6.47. The summed E-state index contributed by atoms with van der Waals surface area (Å²) in [5.74, 6) is 0.765. The number of rotatable bonds is 5. The molecule has 26 heavy (non-hydrogen) atoms. The topological polar surface area (TPSA) is 69.2 Å². The maximum absolute atomic E-state index is 13.3. The lowest BCUT2D eigenvalue weighted by Crippen LogP contribution is -2.67. The molecule has 2 aromatic rings. The zero-order chi connectivity index (χ0) is 18.5. The first kappa shape index (κ1) is 17.5. The van der Waals surface area contributed by atoms with E-state index in [0.29, 0.717) is 12.3 Å². The number of aromatic nitrogens is 2. The van der Waals surface area contributed by atoms with Crippen LogP contribution in [-0.4, -0.2) is 43.6 Å². The van der Waals surface area contributed by atoms with Crippen LogP contribution < -0.4 is 0 Å². The summed E-state index contributed by atoms with van der Waals surface area (Å²) >= 11 is 0. The van der Waals surface area contributed by atoms with Crippen LogP contribution in [0.25, 0.3) is 11.0 Å². The quantitative estimate of drug-likeness (QED) is 0.861. The molecule has 2 bridgehead atoms. The van der Waals surface area contributed by atoms with Gasteiger partial charge in [0.2, 0.25) is 5.91 Å². The number of aromatic amines is 1. The van der Waals surface area contributed by atoms with Gasteiger partial charge < -0.3 is 15.0 Å². The van der Waals surface area contributed by atoms with E-state index in [1.54, 1.807) is 6.20 Å². The highest BCUT2D eigenvalue weighted by Crippen LogP contribution is 2.47. The number of H-pyrrole nitrogens is 1. The minimum absolute atomic E-state index is 0.166. The number of fused-ring (bicyclic) bond motifs is 3. The van der Waals surface area contributed by atoms with Gasteiger partial charge in [-0.05, 0) is 55.2 Å². The lowest BCUT2D eigenvalue weighted by molar-refractivity contribution is -0.179. The number of carbonyl (C=O) groups excluding carboxylic acids is 1. The van der Waals surface area contributed by atoms with E-state index >= 15 is 0 Å². The fraction of sp³-hybridized carbons (Fsp3) is 0.619. The summed E-state index contributed by atoms with van der Waals surface area (Å²) in [6.45, 7) is 6.48. The van der Waals surface area contributed by atoms with Crippen LogP contribution in [0.5, 0.6) is 0 Å². The van der Waals surface area contributed by atoms with Crippen molar-refractivity contribution in [2.45, 2.75) is 76.5 Å². The van der Waals surface area contributed by atoms with Gasteiger partial charge in [-0.2, -0.15) is 0 Å². The van der Waals surface area contributed by atoms with E-state index in [-0.39, 0.29) is 23.9 Å². The van der Waals surface area contributed by atoms with Gasteiger partial charge in [-0.3, -0.25) is 4.79 Å². The van der Waals surface area contributed by atoms with Crippen LogP contribution in [0, 0.1) is 5.92 Å². The van der Waals surface area contributed by atoms with Gasteiger partial charge in [-0.25, -0.2) is 4.98 Å². The number of amides is 1. The fourth-order valence-corrected chi connectivity index (χ4v) is 5.05. The molecular formula is C21H29N3O2. The number of hydrogen-bond donors (Lipinski definition) is 2.